The van der Waals surface area contributed by atoms with Crippen LogP contribution in [0.15, 0.2) is 0 Å². The van der Waals surface area contributed by atoms with Crippen LogP contribution in [0.3, 0.4) is 0 Å². The zero-order valence-electron chi connectivity index (χ0n) is 8.41. The number of halogens is 1. The molecule has 0 saturated carbocycles. The Balaban J connectivity index is 2.46. The van der Waals surface area contributed by atoms with Crippen molar-refractivity contribution in [2.45, 2.75) is 13.3 Å². The second-order valence-electron chi connectivity index (χ2n) is 3.74. The van der Waals surface area contributed by atoms with E-state index in [1.165, 1.54) is 0 Å². The number of hydrogen-bond acceptors (Lipinski definition) is 3. The van der Waals surface area contributed by atoms with Crippen molar-refractivity contribution in [3.05, 3.63) is 0 Å². The zero-order chi connectivity index (χ0) is 10.6. The monoisotopic (exact) mass is 240 g/mol. The van der Waals surface area contributed by atoms with Crippen LogP contribution in [0, 0.1) is 11.8 Å². The van der Waals surface area contributed by atoms with Crippen LogP contribution in [-0.4, -0.2) is 39.0 Å². The third-order valence-corrected chi connectivity index (χ3v) is 4.86. The average Bonchev–Trinajstić information content (AvgIpc) is 2.48. The molecule has 0 N–H and O–H groups in total. The minimum absolute atomic E-state index is 0.189. The van der Waals surface area contributed by atoms with E-state index in [-0.39, 0.29) is 17.6 Å². The van der Waals surface area contributed by atoms with Gasteiger partial charge in [0.15, 0.2) is 9.84 Å². The van der Waals surface area contributed by atoms with Gasteiger partial charge in [-0.3, -0.25) is 0 Å². The maximum absolute atomic E-state index is 11.3. The van der Waals surface area contributed by atoms with Gasteiger partial charge in [0.1, 0.15) is 0 Å². The highest BCUT2D eigenvalue weighted by Gasteiger charge is 2.33. The van der Waals surface area contributed by atoms with Gasteiger partial charge in [-0.2, -0.15) is 0 Å². The van der Waals surface area contributed by atoms with Crippen molar-refractivity contribution in [2.75, 3.05) is 30.6 Å². The number of rotatable bonds is 5. The van der Waals surface area contributed by atoms with E-state index in [0.29, 0.717) is 24.8 Å². The van der Waals surface area contributed by atoms with Crippen molar-refractivity contribution >= 4 is 21.4 Å². The Morgan fingerprint density at radius 2 is 2.29 bits per heavy atom. The number of ether oxygens (including phenoxy) is 1. The summed E-state index contributed by atoms with van der Waals surface area (Å²) in [5, 5.41) is 0. The molecule has 1 fully saturated rings. The molecular formula is C9H17ClO3S. The lowest BCUT2D eigenvalue weighted by Crippen LogP contribution is -2.23. The van der Waals surface area contributed by atoms with Gasteiger partial charge in [0.2, 0.25) is 0 Å². The molecule has 1 aliphatic heterocycles. The molecule has 1 heterocycles. The number of alkyl halides is 1. The second kappa shape index (κ2) is 5.33. The maximum atomic E-state index is 11.3. The van der Waals surface area contributed by atoms with Crippen molar-refractivity contribution in [3.8, 4) is 0 Å². The molecule has 0 spiro atoms. The lowest BCUT2D eigenvalue weighted by molar-refractivity contribution is 0.0991. The molecule has 3 nitrogen and oxygen atoms in total. The van der Waals surface area contributed by atoms with Crippen LogP contribution in [0.1, 0.15) is 13.3 Å². The van der Waals surface area contributed by atoms with Crippen molar-refractivity contribution < 1.29 is 13.2 Å². The summed E-state index contributed by atoms with van der Waals surface area (Å²) in [6.45, 7) is 3.17. The van der Waals surface area contributed by atoms with Crippen molar-refractivity contribution in [1.82, 2.24) is 0 Å². The van der Waals surface area contributed by atoms with Gasteiger partial charge >= 0.3 is 0 Å². The molecule has 0 radical (unpaired) electrons. The Bertz CT molecular complexity index is 263. The number of hydrogen-bond donors (Lipinski definition) is 0. The van der Waals surface area contributed by atoms with E-state index in [2.05, 4.69) is 0 Å². The highest BCUT2D eigenvalue weighted by molar-refractivity contribution is 7.91. The van der Waals surface area contributed by atoms with Crippen LogP contribution in [0.5, 0.6) is 0 Å². The molecule has 84 valence electrons. The van der Waals surface area contributed by atoms with E-state index in [9.17, 15) is 8.42 Å². The van der Waals surface area contributed by atoms with E-state index < -0.39 is 9.84 Å². The third kappa shape index (κ3) is 3.41. The summed E-state index contributed by atoms with van der Waals surface area (Å²) in [6.07, 6.45) is 0.743. The van der Waals surface area contributed by atoms with E-state index in [1.54, 1.807) is 0 Å². The molecule has 1 rings (SSSR count). The summed E-state index contributed by atoms with van der Waals surface area (Å²) in [6, 6.07) is 0. The fourth-order valence-corrected chi connectivity index (χ4v) is 4.03. The largest absolute Gasteiger partial charge is 0.381 e. The van der Waals surface area contributed by atoms with Gasteiger partial charge in [0.05, 0.1) is 18.1 Å². The zero-order valence-corrected chi connectivity index (χ0v) is 9.98. The van der Waals surface area contributed by atoms with Crippen molar-refractivity contribution in [1.29, 1.82) is 0 Å². The SMILES string of the molecule is CCOCC(CCl)C1CCS(=O)(=O)C1. The summed E-state index contributed by atoms with van der Waals surface area (Å²) < 4.78 is 27.8. The van der Waals surface area contributed by atoms with Crippen LogP contribution in [0.2, 0.25) is 0 Å². The molecule has 0 aromatic rings. The number of sulfone groups is 1. The van der Waals surface area contributed by atoms with Gasteiger partial charge in [-0.25, -0.2) is 8.42 Å². The van der Waals surface area contributed by atoms with Crippen LogP contribution in [0.25, 0.3) is 0 Å². The molecule has 2 unspecified atom stereocenters. The fourth-order valence-electron chi connectivity index (χ4n) is 1.77. The summed E-state index contributed by atoms with van der Waals surface area (Å²) in [4.78, 5) is 0. The molecule has 0 aromatic heterocycles. The van der Waals surface area contributed by atoms with Crippen molar-refractivity contribution in [2.24, 2.45) is 11.8 Å². The molecule has 1 saturated heterocycles. The molecule has 0 aromatic carbocycles. The predicted molar refractivity (Wildman–Crippen MR) is 57.5 cm³/mol. The van der Waals surface area contributed by atoms with Crippen LogP contribution in [-0.2, 0) is 14.6 Å². The summed E-state index contributed by atoms with van der Waals surface area (Å²) >= 11 is 5.80. The smallest absolute Gasteiger partial charge is 0.150 e. The second-order valence-corrected chi connectivity index (χ2v) is 6.27. The standard InChI is InChI=1S/C9H17ClO3S/c1-2-13-6-9(5-10)8-3-4-14(11,12)7-8/h8-9H,2-7H2,1H3. The first kappa shape index (κ1) is 12.3. The highest BCUT2D eigenvalue weighted by Crippen LogP contribution is 2.27. The summed E-state index contributed by atoms with van der Waals surface area (Å²) in [5.74, 6) is 1.48. The van der Waals surface area contributed by atoms with Gasteiger partial charge in [0, 0.05) is 12.5 Å². The van der Waals surface area contributed by atoms with Gasteiger partial charge in [0.25, 0.3) is 0 Å². The Morgan fingerprint density at radius 3 is 2.71 bits per heavy atom. The van der Waals surface area contributed by atoms with Crippen LogP contribution < -0.4 is 0 Å². The molecule has 0 bridgehead atoms. The quantitative estimate of drug-likeness (QED) is 0.681. The first-order valence-electron chi connectivity index (χ1n) is 4.93. The maximum Gasteiger partial charge on any atom is 0.150 e. The highest BCUT2D eigenvalue weighted by atomic mass is 35.5. The van der Waals surface area contributed by atoms with Crippen LogP contribution in [0.4, 0.5) is 0 Å². The molecule has 2 atom stereocenters. The molecule has 0 aliphatic carbocycles. The predicted octanol–water partition coefficient (Wildman–Crippen LogP) is 1.31. The first-order valence-corrected chi connectivity index (χ1v) is 7.28. The molecule has 14 heavy (non-hydrogen) atoms. The first-order chi connectivity index (χ1) is 6.59. The minimum Gasteiger partial charge on any atom is -0.381 e. The normalized spacial score (nSPS) is 27.7. The fraction of sp³-hybridized carbons (Fsp3) is 1.00. The van der Waals surface area contributed by atoms with Crippen molar-refractivity contribution in [3.63, 3.8) is 0 Å². The van der Waals surface area contributed by atoms with E-state index >= 15 is 0 Å². The topological polar surface area (TPSA) is 43.4 Å². The summed E-state index contributed by atoms with van der Waals surface area (Å²) in [5.41, 5.74) is 0. The van der Waals surface area contributed by atoms with Crippen LogP contribution >= 0.6 is 11.6 Å². The lowest BCUT2D eigenvalue weighted by atomic mass is 9.94. The Kier molecular flexibility index (Phi) is 4.67. The Labute approximate surface area is 90.7 Å². The molecular weight excluding hydrogens is 224 g/mol. The average molecular weight is 241 g/mol. The summed E-state index contributed by atoms with van der Waals surface area (Å²) in [7, 11) is -2.79. The molecule has 5 heteroatoms. The Morgan fingerprint density at radius 1 is 1.57 bits per heavy atom. The molecule has 0 amide bonds. The van der Waals surface area contributed by atoms with E-state index in [0.717, 1.165) is 6.42 Å². The lowest BCUT2D eigenvalue weighted by Gasteiger charge is -2.19. The van der Waals surface area contributed by atoms with Gasteiger partial charge < -0.3 is 4.74 Å². The van der Waals surface area contributed by atoms with E-state index in [4.69, 9.17) is 16.3 Å². The van der Waals surface area contributed by atoms with E-state index in [1.807, 2.05) is 6.92 Å². The molecule has 1 aliphatic rings. The van der Waals surface area contributed by atoms with Gasteiger partial charge in [-0.05, 0) is 25.2 Å². The third-order valence-electron chi connectivity index (χ3n) is 2.67. The van der Waals surface area contributed by atoms with Gasteiger partial charge in [-0.15, -0.1) is 11.6 Å². The Hall–Kier alpha value is 0.200. The minimum atomic E-state index is -2.79. The van der Waals surface area contributed by atoms with Gasteiger partial charge in [-0.1, -0.05) is 0 Å².